The number of aliphatic hydroxyl groups is 1. The van der Waals surface area contributed by atoms with Crippen LogP contribution in [-0.4, -0.2) is 23.8 Å². The first-order valence-corrected chi connectivity index (χ1v) is 16.2. The lowest BCUT2D eigenvalue weighted by Gasteiger charge is -2.44. The first-order chi connectivity index (χ1) is 20.6. The van der Waals surface area contributed by atoms with E-state index < -0.39 is 11.2 Å². The zero-order valence-corrected chi connectivity index (χ0v) is 25.6. The molecule has 1 N–H and O–H groups in total. The van der Waals surface area contributed by atoms with E-state index in [2.05, 4.69) is 78.9 Å². The summed E-state index contributed by atoms with van der Waals surface area (Å²) in [5, 5.41) is 12.8. The van der Waals surface area contributed by atoms with Crippen LogP contribution < -0.4 is 5.46 Å². The maximum Gasteiger partial charge on any atom is 0.313 e. The van der Waals surface area contributed by atoms with Gasteiger partial charge in [0.25, 0.3) is 0 Å². The second kappa shape index (κ2) is 8.64. The molecule has 216 valence electrons. The van der Waals surface area contributed by atoms with Gasteiger partial charge >= 0.3 is 7.48 Å². The summed E-state index contributed by atoms with van der Waals surface area (Å²) >= 11 is 0. The van der Waals surface area contributed by atoms with E-state index in [-0.39, 0.29) is 5.41 Å². The maximum atomic E-state index is 10.6. The standard InChI is InChI=1S/C39H39BO3/c1-37(2,41)38(3,4)43-40-34-11-7-9-29-30-20-23(13-15-35(30)42-36(29)34)24-12-14-28-27-8-5-6-10-31(27)39(33(28)21-24)26-17-22-16-25(19-26)32(39)18-22/h5-15,20-22,25-26,32,40-41H,16-19H2,1-4H3. The van der Waals surface area contributed by atoms with Gasteiger partial charge in [0, 0.05) is 16.2 Å². The van der Waals surface area contributed by atoms with Gasteiger partial charge in [-0.3, -0.25) is 0 Å². The smallest absolute Gasteiger partial charge is 0.313 e. The van der Waals surface area contributed by atoms with Crippen LogP contribution >= 0.6 is 0 Å². The van der Waals surface area contributed by atoms with Gasteiger partial charge in [-0.15, -0.1) is 0 Å². The van der Waals surface area contributed by atoms with Gasteiger partial charge < -0.3 is 14.2 Å². The number of hydrogen-bond donors (Lipinski definition) is 1. The molecule has 1 heterocycles. The Bertz CT molecular complexity index is 1940. The molecular formula is C39H39BO3. The Morgan fingerprint density at radius 3 is 2.42 bits per heavy atom. The molecule has 4 saturated carbocycles. The predicted molar refractivity (Wildman–Crippen MR) is 176 cm³/mol. The van der Waals surface area contributed by atoms with Crippen molar-refractivity contribution in [1.29, 1.82) is 0 Å². The molecule has 5 atom stereocenters. The van der Waals surface area contributed by atoms with E-state index in [1.807, 2.05) is 13.8 Å². The third-order valence-corrected chi connectivity index (χ3v) is 12.3. The molecule has 1 aromatic heterocycles. The van der Waals surface area contributed by atoms with Crippen LogP contribution in [0.2, 0.25) is 0 Å². The van der Waals surface area contributed by atoms with Gasteiger partial charge in [-0.2, -0.15) is 0 Å². The van der Waals surface area contributed by atoms with Crippen LogP contribution in [0.3, 0.4) is 0 Å². The number of rotatable bonds is 5. The Morgan fingerprint density at radius 1 is 0.791 bits per heavy atom. The zero-order valence-electron chi connectivity index (χ0n) is 25.6. The molecule has 5 aromatic rings. The normalized spacial score (nSPS) is 27.0. The van der Waals surface area contributed by atoms with Crippen molar-refractivity contribution in [3.63, 3.8) is 0 Å². The van der Waals surface area contributed by atoms with Gasteiger partial charge in [-0.25, -0.2) is 0 Å². The highest BCUT2D eigenvalue weighted by molar-refractivity contribution is 6.51. The summed E-state index contributed by atoms with van der Waals surface area (Å²) in [5.41, 5.74) is 9.96. The van der Waals surface area contributed by atoms with Crippen LogP contribution in [0.5, 0.6) is 0 Å². The van der Waals surface area contributed by atoms with Crippen molar-refractivity contribution in [2.45, 2.75) is 70.0 Å². The van der Waals surface area contributed by atoms with E-state index in [0.717, 1.165) is 51.1 Å². The zero-order chi connectivity index (χ0) is 29.3. The molecule has 5 aliphatic carbocycles. The molecule has 4 bridgehead atoms. The van der Waals surface area contributed by atoms with E-state index in [4.69, 9.17) is 9.07 Å². The molecule has 0 aliphatic heterocycles. The van der Waals surface area contributed by atoms with Crippen molar-refractivity contribution in [3.05, 3.63) is 90.0 Å². The number of furan rings is 1. The number of hydrogen-bond acceptors (Lipinski definition) is 3. The van der Waals surface area contributed by atoms with E-state index in [9.17, 15) is 5.11 Å². The number of para-hydroxylation sites is 1. The quantitative estimate of drug-likeness (QED) is 0.219. The van der Waals surface area contributed by atoms with Crippen molar-refractivity contribution in [2.24, 2.45) is 23.7 Å². The van der Waals surface area contributed by atoms with Gasteiger partial charge in [0.2, 0.25) is 0 Å². The van der Waals surface area contributed by atoms with Crippen LogP contribution in [-0.2, 0) is 10.1 Å². The van der Waals surface area contributed by atoms with Crippen LogP contribution in [0.25, 0.3) is 44.2 Å². The largest absolute Gasteiger partial charge is 0.457 e. The average Bonchev–Trinajstić information content (AvgIpc) is 3.67. The fourth-order valence-corrected chi connectivity index (χ4v) is 9.74. The Labute approximate surface area is 254 Å². The maximum absolute atomic E-state index is 10.6. The van der Waals surface area contributed by atoms with Gasteiger partial charge in [0.15, 0.2) is 0 Å². The molecule has 10 rings (SSSR count). The third-order valence-electron chi connectivity index (χ3n) is 12.3. The lowest BCUT2D eigenvalue weighted by molar-refractivity contribution is -0.0893. The van der Waals surface area contributed by atoms with Gasteiger partial charge in [0.05, 0.1) is 11.2 Å². The van der Waals surface area contributed by atoms with Crippen LogP contribution in [0, 0.1) is 23.7 Å². The lowest BCUT2D eigenvalue weighted by Crippen LogP contribution is -2.49. The number of benzene rings is 4. The summed E-state index contributed by atoms with van der Waals surface area (Å²) in [4.78, 5) is 0. The molecule has 4 heteroatoms. The van der Waals surface area contributed by atoms with Crippen LogP contribution in [0.4, 0.5) is 0 Å². The van der Waals surface area contributed by atoms with Gasteiger partial charge in [-0.1, -0.05) is 60.7 Å². The minimum absolute atomic E-state index is 0.192. The van der Waals surface area contributed by atoms with Crippen molar-refractivity contribution >= 4 is 34.9 Å². The van der Waals surface area contributed by atoms with Crippen molar-refractivity contribution < 1.29 is 14.2 Å². The minimum Gasteiger partial charge on any atom is -0.457 e. The molecule has 4 fully saturated rings. The highest BCUT2D eigenvalue weighted by Crippen LogP contribution is 2.73. The highest BCUT2D eigenvalue weighted by atomic mass is 16.5. The average molecular weight is 567 g/mol. The summed E-state index contributed by atoms with van der Waals surface area (Å²) in [6, 6.07) is 29.6. The van der Waals surface area contributed by atoms with E-state index in [1.165, 1.54) is 47.9 Å². The lowest BCUT2D eigenvalue weighted by atomic mass is 9.59. The highest BCUT2D eigenvalue weighted by Gasteiger charge is 2.65. The molecule has 1 spiro atoms. The van der Waals surface area contributed by atoms with Crippen molar-refractivity contribution in [2.75, 3.05) is 0 Å². The van der Waals surface area contributed by atoms with Crippen molar-refractivity contribution in [3.8, 4) is 22.3 Å². The van der Waals surface area contributed by atoms with E-state index in [0.29, 0.717) is 7.48 Å². The molecule has 0 amide bonds. The first kappa shape index (κ1) is 26.1. The molecule has 0 radical (unpaired) electrons. The first-order valence-electron chi connectivity index (χ1n) is 16.2. The summed E-state index contributed by atoms with van der Waals surface area (Å²) in [6.07, 6.45) is 5.67. The molecule has 5 unspecified atom stereocenters. The van der Waals surface area contributed by atoms with Crippen LogP contribution in [0.15, 0.2) is 83.3 Å². The summed E-state index contributed by atoms with van der Waals surface area (Å²) < 4.78 is 12.7. The molecule has 43 heavy (non-hydrogen) atoms. The third kappa shape index (κ3) is 3.45. The Kier molecular flexibility index (Phi) is 5.25. The predicted octanol–water partition coefficient (Wildman–Crippen LogP) is 8.13. The van der Waals surface area contributed by atoms with Crippen molar-refractivity contribution in [1.82, 2.24) is 0 Å². The second-order valence-electron chi connectivity index (χ2n) is 15.0. The fraction of sp³-hybridized carbons (Fsp3) is 0.385. The Balaban J connectivity index is 1.14. The topological polar surface area (TPSA) is 42.6 Å². The molecule has 5 aliphatic rings. The molecule has 4 aromatic carbocycles. The van der Waals surface area contributed by atoms with E-state index in [1.54, 1.807) is 25.0 Å². The van der Waals surface area contributed by atoms with Crippen LogP contribution in [0.1, 0.15) is 64.5 Å². The second-order valence-corrected chi connectivity index (χ2v) is 15.0. The summed E-state index contributed by atoms with van der Waals surface area (Å²) in [6.45, 7) is 7.44. The Morgan fingerprint density at radius 2 is 1.58 bits per heavy atom. The summed E-state index contributed by atoms with van der Waals surface area (Å²) in [5.74, 6) is 3.41. The SMILES string of the molecule is CC(C)(O)C(C)(C)OBc1cccc2c1oc1ccc(-c3ccc4c(c3)C3(c5ccccc5-4)C4CC5CC(C4)C3C5)cc12. The van der Waals surface area contributed by atoms with Gasteiger partial charge in [-0.05, 0) is 134 Å². The van der Waals surface area contributed by atoms with Gasteiger partial charge in [0.1, 0.15) is 11.2 Å². The number of fused-ring (bicyclic) bond motifs is 6. The fourth-order valence-electron chi connectivity index (χ4n) is 9.74. The monoisotopic (exact) mass is 566 g/mol. The minimum atomic E-state index is -0.961. The summed E-state index contributed by atoms with van der Waals surface area (Å²) in [7, 11) is 0.374. The Hall–Kier alpha value is -3.34. The van der Waals surface area contributed by atoms with E-state index >= 15 is 0 Å². The molecular weight excluding hydrogens is 527 g/mol. The molecule has 0 saturated heterocycles. The molecule has 3 nitrogen and oxygen atoms in total.